The van der Waals surface area contributed by atoms with Gasteiger partial charge in [-0.15, -0.1) is 0 Å². The van der Waals surface area contributed by atoms with E-state index < -0.39 is 0 Å². The molecule has 4 nitrogen and oxygen atoms in total. The van der Waals surface area contributed by atoms with Gasteiger partial charge in [0.15, 0.2) is 0 Å². The van der Waals surface area contributed by atoms with Crippen molar-refractivity contribution in [2.24, 2.45) is 0 Å². The van der Waals surface area contributed by atoms with Gasteiger partial charge in [-0.25, -0.2) is 0 Å². The number of hydrogen-bond acceptors (Lipinski definition) is 4. The van der Waals surface area contributed by atoms with Crippen LogP contribution in [0.15, 0.2) is 22.1 Å². The van der Waals surface area contributed by atoms with E-state index in [2.05, 4.69) is 83.1 Å². The van der Waals surface area contributed by atoms with Crippen molar-refractivity contribution in [3.8, 4) is 0 Å². The zero-order valence-corrected chi connectivity index (χ0v) is 18.8. The maximum absolute atomic E-state index is 6.20. The standard InChI is InChI=1S/C20H36B2O4/c1-13(15(3)21-23-17(5,6)18(7,8)24-21)14(2)16(4)22-25-19(9,10)20(11,12)26-22/h1-12H3/b15-13-,16-14+. The van der Waals surface area contributed by atoms with E-state index in [-0.39, 0.29) is 36.6 Å². The van der Waals surface area contributed by atoms with E-state index in [1.165, 1.54) is 0 Å². The maximum Gasteiger partial charge on any atom is 0.490 e. The molecule has 0 saturated carbocycles. The molecule has 0 aromatic heterocycles. The lowest BCUT2D eigenvalue weighted by molar-refractivity contribution is 0.00578. The first-order valence-corrected chi connectivity index (χ1v) is 9.59. The Morgan fingerprint density at radius 3 is 0.846 bits per heavy atom. The molecule has 0 radical (unpaired) electrons. The normalized spacial score (nSPS) is 28.2. The molecule has 0 bridgehead atoms. The summed E-state index contributed by atoms with van der Waals surface area (Å²) in [5.41, 5.74) is 3.17. The Balaban J connectivity index is 2.29. The van der Waals surface area contributed by atoms with Crippen molar-refractivity contribution >= 4 is 14.2 Å². The lowest BCUT2D eigenvalue weighted by atomic mass is 9.70. The third-order valence-corrected chi connectivity index (χ3v) is 6.96. The third-order valence-electron chi connectivity index (χ3n) is 6.96. The van der Waals surface area contributed by atoms with Crippen LogP contribution in [0, 0.1) is 0 Å². The van der Waals surface area contributed by atoms with Crippen molar-refractivity contribution in [3.05, 3.63) is 22.1 Å². The first-order chi connectivity index (χ1) is 11.5. The fraction of sp³-hybridized carbons (Fsp3) is 0.800. The van der Waals surface area contributed by atoms with Crippen molar-refractivity contribution in [1.82, 2.24) is 0 Å². The van der Waals surface area contributed by atoms with E-state index in [4.69, 9.17) is 18.6 Å². The van der Waals surface area contributed by atoms with Gasteiger partial charge in [0.25, 0.3) is 0 Å². The van der Waals surface area contributed by atoms with Gasteiger partial charge in [0.2, 0.25) is 0 Å². The Kier molecular flexibility index (Phi) is 5.44. The van der Waals surface area contributed by atoms with Gasteiger partial charge in [0.1, 0.15) is 0 Å². The summed E-state index contributed by atoms with van der Waals surface area (Å²) in [4.78, 5) is 0. The number of allylic oxidation sites excluding steroid dienone is 4. The number of hydrogen-bond donors (Lipinski definition) is 0. The molecule has 2 aliphatic rings. The first-order valence-electron chi connectivity index (χ1n) is 9.59. The van der Waals surface area contributed by atoms with Crippen LogP contribution in [-0.4, -0.2) is 36.6 Å². The molecule has 0 spiro atoms. The number of rotatable bonds is 3. The van der Waals surface area contributed by atoms with E-state index in [1.807, 2.05) is 0 Å². The van der Waals surface area contributed by atoms with Gasteiger partial charge in [0.05, 0.1) is 22.4 Å². The monoisotopic (exact) mass is 362 g/mol. The van der Waals surface area contributed by atoms with Gasteiger partial charge < -0.3 is 18.6 Å². The molecular weight excluding hydrogens is 326 g/mol. The molecule has 6 heteroatoms. The predicted molar refractivity (Wildman–Crippen MR) is 109 cm³/mol. The average Bonchev–Trinajstić information content (AvgIpc) is 2.84. The van der Waals surface area contributed by atoms with Crippen LogP contribution in [0.4, 0.5) is 0 Å². The highest BCUT2D eigenvalue weighted by Gasteiger charge is 2.53. The van der Waals surface area contributed by atoms with Crippen LogP contribution in [0.3, 0.4) is 0 Å². The molecule has 2 rings (SSSR count). The summed E-state index contributed by atoms with van der Waals surface area (Å²) in [7, 11) is -0.665. The van der Waals surface area contributed by atoms with Crippen LogP contribution < -0.4 is 0 Å². The molecule has 0 aromatic rings. The Hall–Kier alpha value is -0.550. The van der Waals surface area contributed by atoms with Crippen LogP contribution in [0.5, 0.6) is 0 Å². The lowest BCUT2D eigenvalue weighted by Gasteiger charge is -2.32. The zero-order chi connectivity index (χ0) is 20.3. The predicted octanol–water partition coefficient (Wildman–Crippen LogP) is 4.92. The second kappa shape index (κ2) is 6.51. The molecule has 2 heterocycles. The maximum atomic E-state index is 6.20. The Bertz CT molecular complexity index is 556. The van der Waals surface area contributed by atoms with Crippen molar-refractivity contribution in [2.75, 3.05) is 0 Å². The van der Waals surface area contributed by atoms with Gasteiger partial charge >= 0.3 is 14.2 Å². The summed E-state index contributed by atoms with van der Waals surface area (Å²) in [5, 5.41) is 0. The molecule has 0 aromatic carbocycles. The molecule has 2 fully saturated rings. The summed E-state index contributed by atoms with van der Waals surface area (Å²) >= 11 is 0. The highest BCUT2D eigenvalue weighted by molar-refractivity contribution is 6.56. The molecule has 2 saturated heterocycles. The minimum Gasteiger partial charge on any atom is -0.400 e. The fourth-order valence-corrected chi connectivity index (χ4v) is 2.98. The van der Waals surface area contributed by atoms with Gasteiger partial charge in [-0.3, -0.25) is 0 Å². The van der Waals surface area contributed by atoms with Gasteiger partial charge in [-0.1, -0.05) is 11.1 Å². The molecule has 0 N–H and O–H groups in total. The SMILES string of the molecule is C/C(B1OC(C)(C)C(C)(C)O1)=C(C)\C(C)=C(\C)B1OC(C)(C)C(C)(C)O1. The van der Waals surface area contributed by atoms with Gasteiger partial charge in [-0.05, 0) is 94.0 Å². The third kappa shape index (κ3) is 3.58. The Labute approximate surface area is 161 Å². The van der Waals surface area contributed by atoms with E-state index in [0.29, 0.717) is 0 Å². The summed E-state index contributed by atoms with van der Waals surface area (Å²) in [6.07, 6.45) is 0. The Morgan fingerprint density at radius 2 is 0.654 bits per heavy atom. The van der Waals surface area contributed by atoms with Gasteiger partial charge in [0, 0.05) is 0 Å². The van der Waals surface area contributed by atoms with Crippen molar-refractivity contribution < 1.29 is 18.6 Å². The minimum atomic E-state index is -0.336. The topological polar surface area (TPSA) is 36.9 Å². The molecule has 0 amide bonds. The summed E-state index contributed by atoms with van der Waals surface area (Å²) < 4.78 is 24.8. The average molecular weight is 362 g/mol. The van der Waals surface area contributed by atoms with E-state index >= 15 is 0 Å². The van der Waals surface area contributed by atoms with Gasteiger partial charge in [-0.2, -0.15) is 0 Å². The Morgan fingerprint density at radius 1 is 0.462 bits per heavy atom. The van der Waals surface area contributed by atoms with Crippen LogP contribution in [0.25, 0.3) is 0 Å². The van der Waals surface area contributed by atoms with Crippen LogP contribution in [0.2, 0.25) is 0 Å². The fourth-order valence-electron chi connectivity index (χ4n) is 2.98. The van der Waals surface area contributed by atoms with E-state index in [9.17, 15) is 0 Å². The highest BCUT2D eigenvalue weighted by atomic mass is 16.7. The van der Waals surface area contributed by atoms with E-state index in [1.54, 1.807) is 0 Å². The molecule has 0 aliphatic carbocycles. The lowest BCUT2D eigenvalue weighted by Crippen LogP contribution is -2.41. The van der Waals surface area contributed by atoms with Crippen molar-refractivity contribution in [3.63, 3.8) is 0 Å². The second-order valence-corrected chi connectivity index (χ2v) is 9.79. The smallest absolute Gasteiger partial charge is 0.400 e. The first kappa shape index (κ1) is 21.7. The molecule has 26 heavy (non-hydrogen) atoms. The molecule has 0 unspecified atom stereocenters. The molecule has 2 aliphatic heterocycles. The van der Waals surface area contributed by atoms with Crippen molar-refractivity contribution in [1.29, 1.82) is 0 Å². The van der Waals surface area contributed by atoms with Crippen LogP contribution >= 0.6 is 0 Å². The zero-order valence-electron chi connectivity index (χ0n) is 18.8. The second-order valence-electron chi connectivity index (χ2n) is 9.79. The van der Waals surface area contributed by atoms with Crippen molar-refractivity contribution in [2.45, 2.75) is 105 Å². The summed E-state index contributed by atoms with van der Waals surface area (Å²) in [6, 6.07) is 0. The quantitative estimate of drug-likeness (QED) is 0.528. The highest BCUT2D eigenvalue weighted by Crippen LogP contribution is 2.41. The van der Waals surface area contributed by atoms with Crippen LogP contribution in [-0.2, 0) is 18.6 Å². The molecular formula is C20H36B2O4. The molecule has 0 atom stereocenters. The minimum absolute atomic E-state index is 0.332. The van der Waals surface area contributed by atoms with E-state index in [0.717, 1.165) is 22.1 Å². The molecule has 146 valence electrons. The largest absolute Gasteiger partial charge is 0.490 e. The van der Waals surface area contributed by atoms with Crippen LogP contribution in [0.1, 0.15) is 83.1 Å². The summed E-state index contributed by atoms with van der Waals surface area (Å²) in [5.74, 6) is 0. The summed E-state index contributed by atoms with van der Waals surface area (Å²) in [6.45, 7) is 25.0.